The van der Waals surface area contributed by atoms with Crippen LogP contribution in [0.4, 0.5) is 5.69 Å². The maximum absolute atomic E-state index is 12.9. The van der Waals surface area contributed by atoms with E-state index in [4.69, 9.17) is 0 Å². The van der Waals surface area contributed by atoms with Gasteiger partial charge in [0.05, 0.1) is 22.1 Å². The van der Waals surface area contributed by atoms with Crippen molar-refractivity contribution in [1.82, 2.24) is 19.1 Å². The molecule has 1 heterocycles. The molecule has 1 aromatic heterocycles. The van der Waals surface area contributed by atoms with Crippen molar-refractivity contribution in [2.45, 2.75) is 30.2 Å². The summed E-state index contributed by atoms with van der Waals surface area (Å²) < 4.78 is 30.1. The van der Waals surface area contributed by atoms with Crippen molar-refractivity contribution in [3.63, 3.8) is 0 Å². The lowest BCUT2D eigenvalue weighted by Gasteiger charge is -2.06. The summed E-state index contributed by atoms with van der Waals surface area (Å²) in [4.78, 5) is 22.9. The average molecular weight is 429 g/mol. The minimum Gasteiger partial charge on any atom is -0.258 e. The van der Waals surface area contributed by atoms with Gasteiger partial charge in [-0.3, -0.25) is 10.1 Å². The molecule has 1 aliphatic rings. The zero-order chi connectivity index (χ0) is 21.3. The molecule has 0 amide bonds. The van der Waals surface area contributed by atoms with Gasteiger partial charge < -0.3 is 0 Å². The number of non-ortho nitro benzene ring substituents is 1. The standard InChI is InChI=1S/C19H19N5O5S/c25-19-22(21-18(14-6-7-14)23(19)15-4-2-1-3-5-15)13-12-20-30(28,29)17-10-8-16(9-11-17)24(26)27/h1-5,8-11,14,20H,6-7,12-13H2. The van der Waals surface area contributed by atoms with Crippen LogP contribution in [-0.4, -0.2) is 34.2 Å². The molecule has 156 valence electrons. The molecule has 0 atom stereocenters. The number of nitro benzene ring substituents is 1. The molecule has 2 aromatic carbocycles. The fourth-order valence-electron chi connectivity index (χ4n) is 3.11. The average Bonchev–Trinajstić information content (AvgIpc) is 3.53. The number of nitro groups is 1. The third-order valence-corrected chi connectivity index (χ3v) is 6.27. The van der Waals surface area contributed by atoms with Crippen LogP contribution in [0.5, 0.6) is 0 Å². The van der Waals surface area contributed by atoms with Gasteiger partial charge in [-0.05, 0) is 37.1 Å². The lowest BCUT2D eigenvalue weighted by molar-refractivity contribution is -0.384. The van der Waals surface area contributed by atoms with Crippen LogP contribution in [0.3, 0.4) is 0 Å². The number of sulfonamides is 1. The molecular formula is C19H19N5O5S. The predicted octanol–water partition coefficient (Wildman–Crippen LogP) is 1.80. The number of hydrogen-bond donors (Lipinski definition) is 1. The smallest absolute Gasteiger partial charge is 0.258 e. The highest BCUT2D eigenvalue weighted by Crippen LogP contribution is 2.39. The van der Waals surface area contributed by atoms with Crippen LogP contribution in [0.15, 0.2) is 64.3 Å². The molecule has 30 heavy (non-hydrogen) atoms. The van der Waals surface area contributed by atoms with Crippen LogP contribution in [0.2, 0.25) is 0 Å². The zero-order valence-corrected chi connectivity index (χ0v) is 16.7. The van der Waals surface area contributed by atoms with Crippen LogP contribution in [0.1, 0.15) is 24.6 Å². The van der Waals surface area contributed by atoms with Gasteiger partial charge >= 0.3 is 5.69 Å². The lowest BCUT2D eigenvalue weighted by Crippen LogP contribution is -2.32. The topological polar surface area (TPSA) is 129 Å². The fourth-order valence-corrected chi connectivity index (χ4v) is 4.13. The minimum absolute atomic E-state index is 0.0465. The van der Waals surface area contributed by atoms with E-state index in [1.165, 1.54) is 16.8 Å². The summed E-state index contributed by atoms with van der Waals surface area (Å²) in [6, 6.07) is 13.8. The maximum atomic E-state index is 12.9. The van der Waals surface area contributed by atoms with E-state index >= 15 is 0 Å². The first-order valence-electron chi connectivity index (χ1n) is 9.36. The molecule has 0 radical (unpaired) electrons. The van der Waals surface area contributed by atoms with Crippen molar-refractivity contribution < 1.29 is 13.3 Å². The Morgan fingerprint density at radius 1 is 1.10 bits per heavy atom. The summed E-state index contributed by atoms with van der Waals surface area (Å²) in [5.74, 6) is 0.917. The van der Waals surface area contributed by atoms with Gasteiger partial charge in [0.15, 0.2) is 0 Å². The molecule has 0 spiro atoms. The number of para-hydroxylation sites is 1. The van der Waals surface area contributed by atoms with E-state index in [2.05, 4.69) is 9.82 Å². The van der Waals surface area contributed by atoms with E-state index < -0.39 is 14.9 Å². The number of nitrogens with zero attached hydrogens (tertiary/aromatic N) is 4. The van der Waals surface area contributed by atoms with Crippen molar-refractivity contribution >= 4 is 15.7 Å². The SMILES string of the molecule is O=c1n(CCNS(=O)(=O)c2ccc([N+](=O)[O-])cc2)nc(C2CC2)n1-c1ccccc1. The van der Waals surface area contributed by atoms with Crippen molar-refractivity contribution in [2.24, 2.45) is 0 Å². The second-order valence-electron chi connectivity index (χ2n) is 6.96. The Balaban J connectivity index is 1.50. The van der Waals surface area contributed by atoms with Gasteiger partial charge in [-0.1, -0.05) is 18.2 Å². The van der Waals surface area contributed by atoms with E-state index in [1.807, 2.05) is 30.3 Å². The summed E-state index contributed by atoms with van der Waals surface area (Å²) in [5.41, 5.74) is 0.208. The van der Waals surface area contributed by atoms with Crippen LogP contribution in [0.25, 0.3) is 5.69 Å². The number of aromatic nitrogens is 3. The zero-order valence-electron chi connectivity index (χ0n) is 15.8. The third kappa shape index (κ3) is 4.02. The molecule has 1 N–H and O–H groups in total. The molecule has 0 unspecified atom stereocenters. The molecular weight excluding hydrogens is 410 g/mol. The van der Waals surface area contributed by atoms with Crippen molar-refractivity contribution in [3.05, 3.63) is 81.0 Å². The number of rotatable bonds is 8. The van der Waals surface area contributed by atoms with Gasteiger partial charge in [0.25, 0.3) is 5.69 Å². The maximum Gasteiger partial charge on any atom is 0.350 e. The van der Waals surface area contributed by atoms with E-state index in [1.54, 1.807) is 4.57 Å². The highest BCUT2D eigenvalue weighted by Gasteiger charge is 2.31. The second-order valence-corrected chi connectivity index (χ2v) is 8.72. The normalized spacial score (nSPS) is 14.0. The number of nitrogens with one attached hydrogen (secondary N) is 1. The summed E-state index contributed by atoms with van der Waals surface area (Å²) in [7, 11) is -3.87. The van der Waals surface area contributed by atoms with Gasteiger partial charge in [-0.2, -0.15) is 5.10 Å². The van der Waals surface area contributed by atoms with Gasteiger partial charge in [-0.15, -0.1) is 0 Å². The van der Waals surface area contributed by atoms with Crippen LogP contribution in [0, 0.1) is 10.1 Å². The summed E-state index contributed by atoms with van der Waals surface area (Å²) in [6.45, 7) is 0.0136. The summed E-state index contributed by atoms with van der Waals surface area (Å²) >= 11 is 0. The van der Waals surface area contributed by atoms with Crippen molar-refractivity contribution in [2.75, 3.05) is 6.54 Å². The molecule has 11 heteroatoms. The van der Waals surface area contributed by atoms with Gasteiger partial charge in [-0.25, -0.2) is 27.2 Å². The molecule has 1 aliphatic carbocycles. The highest BCUT2D eigenvalue weighted by atomic mass is 32.2. The quantitative estimate of drug-likeness (QED) is 0.429. The van der Waals surface area contributed by atoms with E-state index in [0.29, 0.717) is 5.82 Å². The molecule has 0 bridgehead atoms. The number of benzene rings is 2. The van der Waals surface area contributed by atoms with Crippen LogP contribution < -0.4 is 10.4 Å². The first-order chi connectivity index (χ1) is 14.4. The van der Waals surface area contributed by atoms with Crippen molar-refractivity contribution in [3.8, 4) is 5.69 Å². The Kier molecular flexibility index (Phi) is 5.22. The largest absolute Gasteiger partial charge is 0.350 e. The first kappa shape index (κ1) is 20.0. The lowest BCUT2D eigenvalue weighted by atomic mass is 10.3. The molecule has 10 nitrogen and oxygen atoms in total. The molecule has 0 saturated heterocycles. The Hall–Kier alpha value is -3.31. The Morgan fingerprint density at radius 2 is 1.77 bits per heavy atom. The Labute approximate surface area is 172 Å². The van der Waals surface area contributed by atoms with Crippen molar-refractivity contribution in [1.29, 1.82) is 0 Å². The van der Waals surface area contributed by atoms with Gasteiger partial charge in [0.1, 0.15) is 5.82 Å². The van der Waals surface area contributed by atoms with E-state index in [9.17, 15) is 23.3 Å². The summed E-state index contributed by atoms with van der Waals surface area (Å²) in [5, 5.41) is 15.1. The predicted molar refractivity (Wildman–Crippen MR) is 108 cm³/mol. The highest BCUT2D eigenvalue weighted by molar-refractivity contribution is 7.89. The third-order valence-electron chi connectivity index (χ3n) is 4.79. The second kappa shape index (κ2) is 7.84. The molecule has 1 fully saturated rings. The minimum atomic E-state index is -3.87. The fraction of sp³-hybridized carbons (Fsp3) is 0.263. The van der Waals surface area contributed by atoms with Crippen LogP contribution in [-0.2, 0) is 16.6 Å². The molecule has 4 rings (SSSR count). The van der Waals surface area contributed by atoms with Gasteiger partial charge in [0, 0.05) is 24.6 Å². The number of hydrogen-bond acceptors (Lipinski definition) is 6. The summed E-state index contributed by atoms with van der Waals surface area (Å²) in [6.07, 6.45) is 1.94. The van der Waals surface area contributed by atoms with Crippen LogP contribution >= 0.6 is 0 Å². The Bertz CT molecular complexity index is 1230. The monoisotopic (exact) mass is 429 g/mol. The Morgan fingerprint density at radius 3 is 2.37 bits per heavy atom. The van der Waals surface area contributed by atoms with E-state index in [0.717, 1.165) is 30.7 Å². The molecule has 0 aliphatic heterocycles. The molecule has 1 saturated carbocycles. The first-order valence-corrected chi connectivity index (χ1v) is 10.8. The molecule has 3 aromatic rings. The van der Waals surface area contributed by atoms with E-state index in [-0.39, 0.29) is 35.3 Å². The van der Waals surface area contributed by atoms with Gasteiger partial charge in [0.2, 0.25) is 10.0 Å².